The van der Waals surface area contributed by atoms with Crippen molar-refractivity contribution in [2.75, 3.05) is 30.3 Å². The summed E-state index contributed by atoms with van der Waals surface area (Å²) in [5.41, 5.74) is 3.30. The Morgan fingerprint density at radius 2 is 1.91 bits per heavy atom. The Morgan fingerprint density at radius 1 is 1.24 bits per heavy atom. The van der Waals surface area contributed by atoms with Gasteiger partial charge in [-0.2, -0.15) is 0 Å². The van der Waals surface area contributed by atoms with Gasteiger partial charge in [0.15, 0.2) is 23.3 Å². The van der Waals surface area contributed by atoms with Crippen molar-refractivity contribution in [3.8, 4) is 5.82 Å². The highest BCUT2D eigenvalue weighted by Crippen LogP contribution is 2.39. The molecule has 1 fully saturated rings. The lowest BCUT2D eigenvalue weighted by Gasteiger charge is -2.23. The monoisotopic (exact) mass is 498 g/mol. The van der Waals surface area contributed by atoms with E-state index in [0.717, 1.165) is 16.8 Å². The molecule has 3 aromatic rings. The third-order valence-electron chi connectivity index (χ3n) is 5.41. The molecule has 1 aliphatic heterocycles. The summed E-state index contributed by atoms with van der Waals surface area (Å²) in [6.45, 7) is 4.53. The summed E-state index contributed by atoms with van der Waals surface area (Å²) >= 11 is 6.49. The first-order valence-electron chi connectivity index (χ1n) is 10.4. The molecule has 12 heteroatoms. The fourth-order valence-corrected chi connectivity index (χ4v) is 4.24. The van der Waals surface area contributed by atoms with Crippen LogP contribution in [0.1, 0.15) is 30.6 Å². The Kier molecular flexibility index (Phi) is 7.37. The first-order chi connectivity index (χ1) is 16.1. The summed E-state index contributed by atoms with van der Waals surface area (Å²) in [4.78, 5) is 29.5. The highest BCUT2D eigenvalue weighted by atomic mass is 35.5. The predicted octanol–water partition coefficient (Wildman–Crippen LogP) is 3.58. The maximum absolute atomic E-state index is 15.1. The molecular weight excluding hydrogens is 477 g/mol. The molecule has 3 heterocycles. The van der Waals surface area contributed by atoms with E-state index in [9.17, 15) is 28.6 Å². The first-order valence-corrected chi connectivity index (χ1v) is 10.8. The van der Waals surface area contributed by atoms with Crippen LogP contribution in [0.3, 0.4) is 0 Å². The van der Waals surface area contributed by atoms with Gasteiger partial charge in [0.25, 0.3) is 0 Å². The number of aromatic nitrogens is 2. The molecule has 0 amide bonds. The number of pyridine rings is 2. The van der Waals surface area contributed by atoms with E-state index in [1.807, 2.05) is 13.8 Å². The zero-order valence-corrected chi connectivity index (χ0v) is 19.0. The van der Waals surface area contributed by atoms with Crippen molar-refractivity contribution in [3.05, 3.63) is 56.6 Å². The summed E-state index contributed by atoms with van der Waals surface area (Å²) in [7, 11) is 0. The van der Waals surface area contributed by atoms with Crippen molar-refractivity contribution in [2.45, 2.75) is 20.3 Å². The number of halogens is 4. The number of hydrogen-bond donors (Lipinski definition) is 3. The number of benzene rings is 1. The quantitative estimate of drug-likeness (QED) is 0.502. The molecule has 0 bridgehead atoms. The fourth-order valence-electron chi connectivity index (χ4n) is 3.84. The van der Waals surface area contributed by atoms with Crippen molar-refractivity contribution in [2.24, 2.45) is 5.92 Å². The second-order valence-electron chi connectivity index (χ2n) is 7.41. The SMILES string of the molecule is CC.Nc1nc(-n2cc(C(=O)O)c(=O)c3cc(F)c(N4CCC(CO)C4)c(Cl)c32)c(F)cc1F. The van der Waals surface area contributed by atoms with Gasteiger partial charge in [-0.05, 0) is 12.5 Å². The third-order valence-corrected chi connectivity index (χ3v) is 5.77. The Morgan fingerprint density at radius 3 is 2.50 bits per heavy atom. The topological polar surface area (TPSA) is 122 Å². The molecule has 182 valence electrons. The largest absolute Gasteiger partial charge is 0.477 e. The van der Waals surface area contributed by atoms with E-state index >= 15 is 4.39 Å². The van der Waals surface area contributed by atoms with Gasteiger partial charge < -0.3 is 20.8 Å². The number of anilines is 2. The van der Waals surface area contributed by atoms with Crippen molar-refractivity contribution in [1.82, 2.24) is 9.55 Å². The lowest BCUT2D eigenvalue weighted by atomic mass is 10.1. The lowest BCUT2D eigenvalue weighted by Crippen LogP contribution is -2.24. The Hall–Kier alpha value is -3.31. The standard InChI is InChI=1S/C20H16ClF3N4O4.C2H6/c21-14-15-9(3-11(22)16(14)27-2-1-8(5-27)7-29)17(30)10(20(31)32)6-28(15)19-13(24)4-12(23)18(25)26-19;1-2/h3-4,6,8,29H,1-2,5,7H2,(H2,25,26)(H,31,32);1-2H3. The maximum atomic E-state index is 15.1. The van der Waals surface area contributed by atoms with Crippen LogP contribution in [0.2, 0.25) is 5.02 Å². The summed E-state index contributed by atoms with van der Waals surface area (Å²) in [6.07, 6.45) is 1.35. The van der Waals surface area contributed by atoms with Crippen LogP contribution in [0, 0.1) is 23.4 Å². The number of carbonyl (C=O) groups is 1. The molecule has 1 aromatic carbocycles. The fraction of sp³-hybridized carbons (Fsp3) is 0.318. The number of nitrogen functional groups attached to an aromatic ring is 1. The number of aromatic carboxylic acids is 1. The predicted molar refractivity (Wildman–Crippen MR) is 122 cm³/mol. The smallest absolute Gasteiger partial charge is 0.341 e. The van der Waals surface area contributed by atoms with Gasteiger partial charge >= 0.3 is 5.97 Å². The molecule has 8 nitrogen and oxygen atoms in total. The zero-order chi connectivity index (χ0) is 25.3. The van der Waals surface area contributed by atoms with Crippen molar-refractivity contribution in [1.29, 1.82) is 0 Å². The number of aliphatic hydroxyl groups excluding tert-OH is 1. The normalized spacial score (nSPS) is 15.4. The van der Waals surface area contributed by atoms with Crippen molar-refractivity contribution in [3.63, 3.8) is 0 Å². The number of carboxylic acid groups (broad SMARTS) is 1. The van der Waals surface area contributed by atoms with Crippen molar-refractivity contribution >= 4 is 40.0 Å². The van der Waals surface area contributed by atoms with Crippen LogP contribution in [0.25, 0.3) is 16.7 Å². The van der Waals surface area contributed by atoms with Crippen LogP contribution in [-0.2, 0) is 0 Å². The Bertz CT molecular complexity index is 1330. The van der Waals surface area contributed by atoms with Crippen LogP contribution in [0.5, 0.6) is 0 Å². The molecule has 1 aliphatic rings. The molecule has 1 unspecified atom stereocenters. The van der Waals surface area contributed by atoms with Gasteiger partial charge in [0.1, 0.15) is 11.4 Å². The van der Waals surface area contributed by atoms with Gasteiger partial charge in [-0.15, -0.1) is 0 Å². The minimum absolute atomic E-state index is 0.0955. The number of nitrogens with two attached hydrogens (primary N) is 1. The molecule has 34 heavy (non-hydrogen) atoms. The van der Waals surface area contributed by atoms with Gasteiger partial charge in [-0.3, -0.25) is 9.36 Å². The van der Waals surface area contributed by atoms with Crippen LogP contribution < -0.4 is 16.1 Å². The molecule has 0 aliphatic carbocycles. The second kappa shape index (κ2) is 9.90. The zero-order valence-electron chi connectivity index (χ0n) is 18.3. The lowest BCUT2D eigenvalue weighted by molar-refractivity contribution is 0.0695. The summed E-state index contributed by atoms with van der Waals surface area (Å²) in [6, 6.07) is 1.27. The molecule has 0 saturated carbocycles. The van der Waals surface area contributed by atoms with Gasteiger partial charge in [0, 0.05) is 37.9 Å². The number of aliphatic hydroxyl groups is 1. The Labute approximate surface area is 197 Å². The summed E-state index contributed by atoms with van der Waals surface area (Å²) in [5.74, 6) is -6.29. The van der Waals surface area contributed by atoms with Crippen LogP contribution in [0.4, 0.5) is 24.7 Å². The van der Waals surface area contributed by atoms with Gasteiger partial charge in [0.2, 0.25) is 5.43 Å². The van der Waals surface area contributed by atoms with E-state index in [1.165, 1.54) is 0 Å². The number of fused-ring (bicyclic) bond motifs is 1. The van der Waals surface area contributed by atoms with Crippen molar-refractivity contribution < 1.29 is 28.2 Å². The third kappa shape index (κ3) is 4.28. The van der Waals surface area contributed by atoms with Gasteiger partial charge in [-0.1, -0.05) is 25.4 Å². The number of hydrogen-bond acceptors (Lipinski definition) is 6. The molecular formula is C22H22ClF3N4O4. The molecule has 4 rings (SSSR count). The van der Waals surface area contributed by atoms with Gasteiger partial charge in [-0.25, -0.2) is 22.9 Å². The number of nitrogens with zero attached hydrogens (tertiary/aromatic N) is 3. The molecule has 4 N–H and O–H groups in total. The Balaban J connectivity index is 0.00000158. The van der Waals surface area contributed by atoms with Crippen LogP contribution >= 0.6 is 11.6 Å². The van der Waals surface area contributed by atoms with E-state index < -0.39 is 51.4 Å². The maximum Gasteiger partial charge on any atom is 0.341 e. The second-order valence-corrected chi connectivity index (χ2v) is 7.79. The number of rotatable bonds is 4. The molecule has 1 atom stereocenters. The summed E-state index contributed by atoms with van der Waals surface area (Å²) in [5, 5.41) is 18.1. The molecule has 2 aromatic heterocycles. The van der Waals surface area contributed by atoms with Gasteiger partial charge in [0.05, 0.1) is 21.6 Å². The molecule has 0 radical (unpaired) electrons. The number of carboxylic acids is 1. The van der Waals surface area contributed by atoms with E-state index in [2.05, 4.69) is 4.98 Å². The highest BCUT2D eigenvalue weighted by Gasteiger charge is 2.29. The molecule has 1 saturated heterocycles. The van der Waals surface area contributed by atoms with E-state index in [4.69, 9.17) is 17.3 Å². The minimum Gasteiger partial charge on any atom is -0.477 e. The van der Waals surface area contributed by atoms with E-state index in [1.54, 1.807) is 4.90 Å². The summed E-state index contributed by atoms with van der Waals surface area (Å²) < 4.78 is 44.2. The van der Waals surface area contributed by atoms with E-state index in [0.29, 0.717) is 19.0 Å². The minimum atomic E-state index is -1.65. The van der Waals surface area contributed by atoms with E-state index in [-0.39, 0.29) is 35.3 Å². The highest BCUT2D eigenvalue weighted by molar-refractivity contribution is 6.38. The molecule has 0 spiro atoms. The first kappa shape index (κ1) is 25.3. The average molecular weight is 499 g/mol. The van der Waals surface area contributed by atoms with Crippen LogP contribution in [-0.4, -0.2) is 45.4 Å². The van der Waals surface area contributed by atoms with Crippen LogP contribution in [0.15, 0.2) is 23.1 Å². The average Bonchev–Trinajstić information content (AvgIpc) is 3.27.